The molecule has 4 nitrogen and oxygen atoms in total. The van der Waals surface area contributed by atoms with Crippen molar-refractivity contribution in [2.24, 2.45) is 0 Å². The summed E-state index contributed by atoms with van der Waals surface area (Å²) in [4.78, 5) is 11.0. The molecule has 0 rings (SSSR count). The number of carbonyl (C=O) groups excluding carboxylic acids is 1. The molecule has 0 aromatic heterocycles. The Morgan fingerprint density at radius 1 is 1.33 bits per heavy atom. The Kier molecular flexibility index (Phi) is 4.85. The monoisotopic (exact) mass is 175 g/mol. The maximum absolute atomic E-state index is 11.0. The van der Waals surface area contributed by atoms with Crippen LogP contribution in [0.1, 0.15) is 26.7 Å². The van der Waals surface area contributed by atoms with Gasteiger partial charge in [0, 0.05) is 6.42 Å². The van der Waals surface area contributed by atoms with E-state index in [4.69, 9.17) is 10.2 Å². The maximum Gasteiger partial charge on any atom is 0.220 e. The van der Waals surface area contributed by atoms with Crippen molar-refractivity contribution in [1.29, 1.82) is 0 Å². The van der Waals surface area contributed by atoms with E-state index in [1.165, 1.54) is 0 Å². The van der Waals surface area contributed by atoms with E-state index in [0.29, 0.717) is 12.8 Å². The first-order valence-electron chi connectivity index (χ1n) is 4.17. The number of nitrogens with one attached hydrogen (secondary N) is 1. The Morgan fingerprint density at radius 2 is 1.83 bits per heavy atom. The van der Waals surface area contributed by atoms with Gasteiger partial charge in [0.2, 0.25) is 5.91 Å². The Morgan fingerprint density at radius 3 is 2.08 bits per heavy atom. The van der Waals surface area contributed by atoms with Gasteiger partial charge in [-0.25, -0.2) is 0 Å². The summed E-state index contributed by atoms with van der Waals surface area (Å²) >= 11 is 0. The molecule has 0 aliphatic carbocycles. The predicted octanol–water partition coefficient (Wildman–Crippen LogP) is -0.354. The van der Waals surface area contributed by atoms with Crippen LogP contribution in [0.25, 0.3) is 0 Å². The molecule has 3 N–H and O–H groups in total. The van der Waals surface area contributed by atoms with Gasteiger partial charge in [0.15, 0.2) is 0 Å². The number of amides is 1. The summed E-state index contributed by atoms with van der Waals surface area (Å²) in [5.41, 5.74) is -0.840. The lowest BCUT2D eigenvalue weighted by atomic mass is 9.98. The highest BCUT2D eigenvalue weighted by Gasteiger charge is 2.27. The first-order chi connectivity index (χ1) is 5.64. The van der Waals surface area contributed by atoms with Gasteiger partial charge in [0.25, 0.3) is 0 Å². The van der Waals surface area contributed by atoms with E-state index in [9.17, 15) is 4.79 Å². The van der Waals surface area contributed by atoms with Crippen LogP contribution in [0, 0.1) is 0 Å². The van der Waals surface area contributed by atoms with Crippen LogP contribution >= 0.6 is 0 Å². The Balaban J connectivity index is 4.19. The van der Waals surface area contributed by atoms with Gasteiger partial charge in [0.05, 0.1) is 18.8 Å². The first-order valence-corrected chi connectivity index (χ1v) is 4.17. The molecule has 0 saturated heterocycles. The number of aliphatic hydroxyl groups excluding tert-OH is 2. The highest BCUT2D eigenvalue weighted by molar-refractivity contribution is 5.76. The predicted molar refractivity (Wildman–Crippen MR) is 45.6 cm³/mol. The second kappa shape index (κ2) is 5.11. The molecule has 0 unspecified atom stereocenters. The summed E-state index contributed by atoms with van der Waals surface area (Å²) in [6, 6.07) is 0. The largest absolute Gasteiger partial charge is 0.394 e. The van der Waals surface area contributed by atoms with Crippen LogP contribution < -0.4 is 5.32 Å². The lowest BCUT2D eigenvalue weighted by Crippen LogP contribution is -2.53. The average Bonchev–Trinajstić information content (AvgIpc) is 2.14. The van der Waals surface area contributed by atoms with Crippen molar-refractivity contribution in [3.05, 3.63) is 0 Å². The molecular weight excluding hydrogens is 158 g/mol. The number of hydrogen-bond donors (Lipinski definition) is 3. The molecule has 0 fully saturated rings. The van der Waals surface area contributed by atoms with Crippen molar-refractivity contribution < 1.29 is 15.0 Å². The van der Waals surface area contributed by atoms with Crippen LogP contribution in [0.15, 0.2) is 0 Å². The van der Waals surface area contributed by atoms with Crippen LogP contribution in [0.2, 0.25) is 0 Å². The van der Waals surface area contributed by atoms with Gasteiger partial charge in [-0.2, -0.15) is 0 Å². The lowest BCUT2D eigenvalue weighted by molar-refractivity contribution is -0.124. The first kappa shape index (κ1) is 11.4. The van der Waals surface area contributed by atoms with E-state index in [1.54, 1.807) is 6.92 Å². The zero-order valence-electron chi connectivity index (χ0n) is 7.63. The fraction of sp³-hybridized carbons (Fsp3) is 0.875. The SMILES string of the molecule is CCC(=O)NC(CC)(CO)CO. The minimum atomic E-state index is -0.840. The van der Waals surface area contributed by atoms with E-state index in [2.05, 4.69) is 5.32 Å². The van der Waals surface area contributed by atoms with Crippen LogP contribution in [0.3, 0.4) is 0 Å². The van der Waals surface area contributed by atoms with Gasteiger partial charge in [-0.05, 0) is 6.42 Å². The smallest absolute Gasteiger partial charge is 0.220 e. The molecular formula is C8H17NO3. The topological polar surface area (TPSA) is 69.6 Å². The second-order valence-electron chi connectivity index (χ2n) is 2.85. The molecule has 0 saturated carbocycles. The summed E-state index contributed by atoms with van der Waals surface area (Å²) in [5.74, 6) is -0.153. The standard InChI is InChI=1S/C8H17NO3/c1-3-7(12)9-8(4-2,5-10)6-11/h10-11H,3-6H2,1-2H3,(H,9,12). The fourth-order valence-corrected chi connectivity index (χ4v) is 0.825. The quantitative estimate of drug-likeness (QED) is 0.534. The fourth-order valence-electron chi connectivity index (χ4n) is 0.825. The van der Waals surface area contributed by atoms with E-state index in [0.717, 1.165) is 0 Å². The van der Waals surface area contributed by atoms with Crippen LogP contribution in [-0.2, 0) is 4.79 Å². The number of rotatable bonds is 5. The lowest BCUT2D eigenvalue weighted by Gasteiger charge is -2.29. The Hall–Kier alpha value is -0.610. The minimum absolute atomic E-state index is 0.153. The number of hydrogen-bond acceptors (Lipinski definition) is 3. The van der Waals surface area contributed by atoms with Gasteiger partial charge in [-0.1, -0.05) is 13.8 Å². The van der Waals surface area contributed by atoms with Crippen molar-refractivity contribution in [3.8, 4) is 0 Å². The molecule has 0 aliphatic heterocycles. The summed E-state index contributed by atoms with van der Waals surface area (Å²) in [5, 5.41) is 20.5. The third-order valence-corrected chi connectivity index (χ3v) is 2.01. The van der Waals surface area contributed by atoms with Gasteiger partial charge >= 0.3 is 0 Å². The summed E-state index contributed by atoms with van der Waals surface area (Å²) in [6.07, 6.45) is 0.882. The van der Waals surface area contributed by atoms with Crippen molar-refractivity contribution in [2.75, 3.05) is 13.2 Å². The zero-order valence-corrected chi connectivity index (χ0v) is 7.63. The molecule has 1 amide bonds. The van der Waals surface area contributed by atoms with Gasteiger partial charge in [-0.3, -0.25) is 4.79 Å². The minimum Gasteiger partial charge on any atom is -0.394 e. The van der Waals surface area contributed by atoms with Crippen molar-refractivity contribution >= 4 is 5.91 Å². The molecule has 0 radical (unpaired) electrons. The molecule has 0 spiro atoms. The molecule has 0 bridgehead atoms. The van der Waals surface area contributed by atoms with E-state index < -0.39 is 5.54 Å². The Bertz CT molecular complexity index is 135. The van der Waals surface area contributed by atoms with Gasteiger partial charge < -0.3 is 15.5 Å². The zero-order chi connectivity index (χ0) is 9.61. The molecule has 4 heteroatoms. The maximum atomic E-state index is 11.0. The van der Waals surface area contributed by atoms with Crippen molar-refractivity contribution in [1.82, 2.24) is 5.32 Å². The van der Waals surface area contributed by atoms with Crippen LogP contribution in [0.5, 0.6) is 0 Å². The molecule has 0 aromatic carbocycles. The van der Waals surface area contributed by atoms with E-state index >= 15 is 0 Å². The van der Waals surface area contributed by atoms with Crippen molar-refractivity contribution in [2.45, 2.75) is 32.2 Å². The summed E-state index contributed by atoms with van der Waals surface area (Å²) in [6.45, 7) is 3.07. The Labute approximate surface area is 72.6 Å². The molecule has 72 valence electrons. The van der Waals surface area contributed by atoms with Crippen LogP contribution in [0.4, 0.5) is 0 Å². The molecule has 0 aromatic rings. The summed E-state index contributed by atoms with van der Waals surface area (Å²) in [7, 11) is 0. The average molecular weight is 175 g/mol. The number of carbonyl (C=O) groups is 1. The van der Waals surface area contributed by atoms with Crippen LogP contribution in [-0.4, -0.2) is 34.9 Å². The third kappa shape index (κ3) is 2.79. The number of aliphatic hydroxyl groups is 2. The summed E-state index contributed by atoms with van der Waals surface area (Å²) < 4.78 is 0. The molecule has 12 heavy (non-hydrogen) atoms. The van der Waals surface area contributed by atoms with E-state index in [1.807, 2.05) is 6.92 Å². The second-order valence-corrected chi connectivity index (χ2v) is 2.85. The molecule has 0 atom stereocenters. The molecule has 0 heterocycles. The van der Waals surface area contributed by atoms with Crippen molar-refractivity contribution in [3.63, 3.8) is 0 Å². The highest BCUT2D eigenvalue weighted by atomic mass is 16.3. The van der Waals surface area contributed by atoms with E-state index in [-0.39, 0.29) is 19.1 Å². The van der Waals surface area contributed by atoms with Gasteiger partial charge in [-0.15, -0.1) is 0 Å². The van der Waals surface area contributed by atoms with Gasteiger partial charge in [0.1, 0.15) is 0 Å². The highest BCUT2D eigenvalue weighted by Crippen LogP contribution is 2.08. The third-order valence-electron chi connectivity index (χ3n) is 2.01. The molecule has 0 aliphatic rings. The normalized spacial score (nSPS) is 11.3.